The molecule has 1 aromatic carbocycles. The van der Waals surface area contributed by atoms with Crippen LogP contribution in [0.4, 0.5) is 0 Å². The standard InChI is InChI=1S/C15H19N3O/c1-3-15(16,11-12-7-5-4-6-8-12)13-14(19-2)18-10-9-17-13/h4-10H,3,11,16H2,1-2H3. The zero-order valence-electron chi connectivity index (χ0n) is 11.3. The summed E-state index contributed by atoms with van der Waals surface area (Å²) in [6.45, 7) is 2.05. The molecule has 0 aliphatic carbocycles. The monoisotopic (exact) mass is 257 g/mol. The highest BCUT2D eigenvalue weighted by molar-refractivity contribution is 5.29. The molecule has 0 bridgehead atoms. The Balaban J connectivity index is 2.36. The van der Waals surface area contributed by atoms with E-state index >= 15 is 0 Å². The molecule has 0 aliphatic heterocycles. The molecular formula is C15H19N3O. The van der Waals surface area contributed by atoms with E-state index in [9.17, 15) is 0 Å². The maximum absolute atomic E-state index is 6.54. The molecule has 0 amide bonds. The second kappa shape index (κ2) is 5.80. The predicted octanol–water partition coefficient (Wildman–Crippen LogP) is 2.29. The summed E-state index contributed by atoms with van der Waals surface area (Å²) in [4.78, 5) is 8.56. The van der Waals surface area contributed by atoms with Crippen LogP contribution in [0, 0.1) is 0 Å². The van der Waals surface area contributed by atoms with E-state index < -0.39 is 5.54 Å². The summed E-state index contributed by atoms with van der Waals surface area (Å²) in [5.41, 5.74) is 7.87. The summed E-state index contributed by atoms with van der Waals surface area (Å²) in [7, 11) is 1.59. The zero-order valence-corrected chi connectivity index (χ0v) is 11.3. The van der Waals surface area contributed by atoms with Crippen molar-refractivity contribution in [3.05, 3.63) is 54.0 Å². The molecule has 0 saturated heterocycles. The minimum absolute atomic E-state index is 0.503. The molecule has 1 heterocycles. The summed E-state index contributed by atoms with van der Waals surface area (Å²) in [5, 5.41) is 0. The zero-order chi connectivity index (χ0) is 13.7. The van der Waals surface area contributed by atoms with Gasteiger partial charge in [0.1, 0.15) is 5.69 Å². The van der Waals surface area contributed by atoms with Gasteiger partial charge in [0.15, 0.2) is 0 Å². The number of hydrogen-bond donors (Lipinski definition) is 1. The molecule has 1 unspecified atom stereocenters. The molecule has 0 saturated carbocycles. The van der Waals surface area contributed by atoms with E-state index in [1.807, 2.05) is 18.2 Å². The molecule has 1 aromatic heterocycles. The normalized spacial score (nSPS) is 13.8. The second-order valence-corrected chi connectivity index (χ2v) is 4.59. The topological polar surface area (TPSA) is 61.0 Å². The van der Waals surface area contributed by atoms with E-state index in [1.165, 1.54) is 5.56 Å². The van der Waals surface area contributed by atoms with Crippen LogP contribution in [0.1, 0.15) is 24.6 Å². The van der Waals surface area contributed by atoms with Gasteiger partial charge in [-0.3, -0.25) is 4.98 Å². The summed E-state index contributed by atoms with van der Waals surface area (Å²) in [6.07, 6.45) is 4.73. The van der Waals surface area contributed by atoms with Crippen molar-refractivity contribution in [3.63, 3.8) is 0 Å². The molecule has 1 atom stereocenters. The van der Waals surface area contributed by atoms with Crippen molar-refractivity contribution in [1.29, 1.82) is 0 Å². The molecule has 2 rings (SSSR count). The van der Waals surface area contributed by atoms with E-state index in [0.717, 1.165) is 6.42 Å². The molecule has 100 valence electrons. The Labute approximate surface area is 113 Å². The fraction of sp³-hybridized carbons (Fsp3) is 0.333. The highest BCUT2D eigenvalue weighted by Gasteiger charge is 2.31. The molecule has 4 heteroatoms. The Morgan fingerprint density at radius 1 is 1.16 bits per heavy atom. The largest absolute Gasteiger partial charge is 0.480 e. The molecule has 2 N–H and O–H groups in total. The predicted molar refractivity (Wildman–Crippen MR) is 74.9 cm³/mol. The first-order chi connectivity index (χ1) is 9.19. The molecule has 0 radical (unpaired) electrons. The SMILES string of the molecule is CCC(N)(Cc1ccccc1)c1nccnc1OC. The smallest absolute Gasteiger partial charge is 0.237 e. The Hall–Kier alpha value is -1.94. The third-order valence-electron chi connectivity index (χ3n) is 3.32. The van der Waals surface area contributed by atoms with Crippen LogP contribution in [-0.2, 0) is 12.0 Å². The molecule has 0 fully saturated rings. The van der Waals surface area contributed by atoms with Crippen LogP contribution < -0.4 is 10.5 Å². The molecule has 19 heavy (non-hydrogen) atoms. The van der Waals surface area contributed by atoms with Gasteiger partial charge in [-0.05, 0) is 18.4 Å². The third-order valence-corrected chi connectivity index (χ3v) is 3.32. The highest BCUT2D eigenvalue weighted by atomic mass is 16.5. The number of nitrogens with zero attached hydrogens (tertiary/aromatic N) is 2. The number of methoxy groups -OCH3 is 1. The van der Waals surface area contributed by atoms with Gasteiger partial charge in [0.25, 0.3) is 0 Å². The van der Waals surface area contributed by atoms with Gasteiger partial charge in [-0.2, -0.15) is 0 Å². The molecular weight excluding hydrogens is 238 g/mol. The van der Waals surface area contributed by atoms with E-state index in [-0.39, 0.29) is 0 Å². The Bertz CT molecular complexity index is 530. The van der Waals surface area contributed by atoms with Gasteiger partial charge in [0.2, 0.25) is 5.88 Å². The van der Waals surface area contributed by atoms with Crippen LogP contribution in [0.25, 0.3) is 0 Å². The van der Waals surface area contributed by atoms with Gasteiger partial charge < -0.3 is 10.5 Å². The van der Waals surface area contributed by atoms with Crippen molar-refractivity contribution in [1.82, 2.24) is 9.97 Å². The summed E-state index contributed by atoms with van der Waals surface area (Å²) in [5.74, 6) is 0.503. The fourth-order valence-corrected chi connectivity index (χ4v) is 2.15. The van der Waals surface area contributed by atoms with E-state index in [0.29, 0.717) is 18.0 Å². The van der Waals surface area contributed by atoms with Crippen LogP contribution in [0.5, 0.6) is 5.88 Å². The minimum Gasteiger partial charge on any atom is -0.480 e. The number of rotatable bonds is 5. The van der Waals surface area contributed by atoms with Crippen molar-refractivity contribution in [2.45, 2.75) is 25.3 Å². The van der Waals surface area contributed by atoms with Crippen molar-refractivity contribution in [2.24, 2.45) is 5.73 Å². The lowest BCUT2D eigenvalue weighted by Gasteiger charge is -2.28. The first kappa shape index (κ1) is 13.5. The van der Waals surface area contributed by atoms with Crippen LogP contribution in [0.3, 0.4) is 0 Å². The van der Waals surface area contributed by atoms with Gasteiger partial charge in [-0.15, -0.1) is 0 Å². The lowest BCUT2D eigenvalue weighted by molar-refractivity contribution is 0.345. The Morgan fingerprint density at radius 2 is 1.84 bits per heavy atom. The summed E-state index contributed by atoms with van der Waals surface area (Å²) in [6, 6.07) is 10.2. The van der Waals surface area contributed by atoms with Crippen molar-refractivity contribution in [3.8, 4) is 5.88 Å². The van der Waals surface area contributed by atoms with Crippen molar-refractivity contribution in [2.75, 3.05) is 7.11 Å². The quantitative estimate of drug-likeness (QED) is 0.892. The van der Waals surface area contributed by atoms with Crippen LogP contribution in [0.15, 0.2) is 42.7 Å². The summed E-state index contributed by atoms with van der Waals surface area (Å²) >= 11 is 0. The van der Waals surface area contributed by atoms with E-state index in [1.54, 1.807) is 19.5 Å². The third kappa shape index (κ3) is 2.90. The van der Waals surface area contributed by atoms with Gasteiger partial charge in [0.05, 0.1) is 12.6 Å². The van der Waals surface area contributed by atoms with Crippen molar-refractivity contribution >= 4 is 0 Å². The van der Waals surface area contributed by atoms with E-state index in [2.05, 4.69) is 29.0 Å². The number of benzene rings is 1. The summed E-state index contributed by atoms with van der Waals surface area (Å²) < 4.78 is 5.28. The number of aromatic nitrogens is 2. The van der Waals surface area contributed by atoms with Gasteiger partial charge in [-0.25, -0.2) is 4.98 Å². The second-order valence-electron chi connectivity index (χ2n) is 4.59. The molecule has 4 nitrogen and oxygen atoms in total. The molecule has 0 spiro atoms. The van der Waals surface area contributed by atoms with Gasteiger partial charge >= 0.3 is 0 Å². The fourth-order valence-electron chi connectivity index (χ4n) is 2.15. The highest BCUT2D eigenvalue weighted by Crippen LogP contribution is 2.30. The number of ether oxygens (including phenoxy) is 1. The average Bonchev–Trinajstić information content (AvgIpc) is 2.48. The molecule has 2 aromatic rings. The Morgan fingerprint density at radius 3 is 2.47 bits per heavy atom. The number of hydrogen-bond acceptors (Lipinski definition) is 4. The first-order valence-corrected chi connectivity index (χ1v) is 6.38. The van der Waals surface area contributed by atoms with Crippen LogP contribution in [0.2, 0.25) is 0 Å². The Kier molecular flexibility index (Phi) is 4.12. The lowest BCUT2D eigenvalue weighted by atomic mass is 9.86. The maximum atomic E-state index is 6.54. The van der Waals surface area contributed by atoms with Crippen LogP contribution >= 0.6 is 0 Å². The maximum Gasteiger partial charge on any atom is 0.237 e. The minimum atomic E-state index is -0.568. The van der Waals surface area contributed by atoms with E-state index in [4.69, 9.17) is 10.5 Å². The number of nitrogens with two attached hydrogens (primary N) is 1. The van der Waals surface area contributed by atoms with Gasteiger partial charge in [0, 0.05) is 12.4 Å². The van der Waals surface area contributed by atoms with Crippen molar-refractivity contribution < 1.29 is 4.74 Å². The van der Waals surface area contributed by atoms with Crippen LogP contribution in [-0.4, -0.2) is 17.1 Å². The lowest BCUT2D eigenvalue weighted by Crippen LogP contribution is -2.39. The first-order valence-electron chi connectivity index (χ1n) is 6.38. The van der Waals surface area contributed by atoms with Gasteiger partial charge in [-0.1, -0.05) is 37.3 Å². The molecule has 0 aliphatic rings. The average molecular weight is 257 g/mol.